The number of amides is 1. The summed E-state index contributed by atoms with van der Waals surface area (Å²) in [6.07, 6.45) is 0.182. The van der Waals surface area contributed by atoms with E-state index >= 15 is 0 Å². The van der Waals surface area contributed by atoms with Crippen molar-refractivity contribution in [2.45, 2.75) is 38.9 Å². The largest absolute Gasteiger partial charge is 0.354 e. The van der Waals surface area contributed by atoms with Gasteiger partial charge in [-0.1, -0.05) is 30.3 Å². The molecule has 96 valence electrons. The Morgan fingerprint density at radius 1 is 1.33 bits per heavy atom. The number of carbonyl (C=O) groups is 1. The Morgan fingerprint density at radius 2 is 2.00 bits per heavy atom. The maximum absolute atomic E-state index is 11.5. The summed E-state index contributed by atoms with van der Waals surface area (Å²) in [4.78, 5) is 11.5. The Hall–Kier alpha value is -1.86. The topological polar surface area (TPSA) is 64.9 Å². The molecule has 1 aromatic rings. The highest BCUT2D eigenvalue weighted by Crippen LogP contribution is 2.00. The van der Waals surface area contributed by atoms with Gasteiger partial charge in [-0.15, -0.1) is 0 Å². The molecule has 1 unspecified atom stereocenters. The minimum Gasteiger partial charge on any atom is -0.354 e. The fraction of sp³-hybridized carbons (Fsp3) is 0.429. The maximum atomic E-state index is 11.5. The molecular formula is C14H19N3O. The van der Waals surface area contributed by atoms with Crippen LogP contribution in [0.5, 0.6) is 0 Å². The van der Waals surface area contributed by atoms with Crippen molar-refractivity contribution in [3.63, 3.8) is 0 Å². The summed E-state index contributed by atoms with van der Waals surface area (Å²) >= 11 is 0. The average Bonchev–Trinajstić information content (AvgIpc) is 2.34. The average molecular weight is 245 g/mol. The van der Waals surface area contributed by atoms with E-state index in [1.54, 1.807) is 0 Å². The Morgan fingerprint density at radius 3 is 2.56 bits per heavy atom. The number of benzene rings is 1. The van der Waals surface area contributed by atoms with Crippen LogP contribution >= 0.6 is 0 Å². The molecule has 0 bridgehead atoms. The Kier molecular flexibility index (Phi) is 5.89. The molecule has 0 heterocycles. The fourth-order valence-electron chi connectivity index (χ4n) is 1.57. The van der Waals surface area contributed by atoms with E-state index in [0.717, 1.165) is 5.56 Å². The van der Waals surface area contributed by atoms with Gasteiger partial charge in [-0.05, 0) is 19.4 Å². The Labute approximate surface area is 108 Å². The van der Waals surface area contributed by atoms with Gasteiger partial charge in [0.25, 0.3) is 0 Å². The summed E-state index contributed by atoms with van der Waals surface area (Å²) < 4.78 is 0. The van der Waals surface area contributed by atoms with Crippen LogP contribution in [0.3, 0.4) is 0 Å². The molecule has 0 aliphatic rings. The first-order chi connectivity index (χ1) is 8.61. The molecule has 0 saturated heterocycles. The third kappa shape index (κ3) is 5.46. The van der Waals surface area contributed by atoms with Crippen molar-refractivity contribution in [3.8, 4) is 6.07 Å². The second kappa shape index (κ2) is 7.46. The van der Waals surface area contributed by atoms with Crippen molar-refractivity contribution in [2.75, 3.05) is 0 Å². The van der Waals surface area contributed by atoms with Crippen LogP contribution in [0.25, 0.3) is 0 Å². The number of nitriles is 1. The summed E-state index contributed by atoms with van der Waals surface area (Å²) in [7, 11) is 0. The van der Waals surface area contributed by atoms with Gasteiger partial charge in [0.05, 0.1) is 12.5 Å². The molecule has 0 aromatic heterocycles. The summed E-state index contributed by atoms with van der Waals surface area (Å²) in [5.41, 5.74) is 1.10. The molecule has 2 N–H and O–H groups in total. The van der Waals surface area contributed by atoms with Crippen LogP contribution in [0.2, 0.25) is 0 Å². The highest BCUT2D eigenvalue weighted by molar-refractivity contribution is 5.77. The van der Waals surface area contributed by atoms with Crippen LogP contribution in [0.1, 0.15) is 25.8 Å². The van der Waals surface area contributed by atoms with E-state index in [1.807, 2.05) is 44.2 Å². The van der Waals surface area contributed by atoms with Gasteiger partial charge >= 0.3 is 0 Å². The van der Waals surface area contributed by atoms with E-state index in [2.05, 4.69) is 16.7 Å². The fourth-order valence-corrected chi connectivity index (χ4v) is 1.57. The molecule has 1 atom stereocenters. The second-order valence-electron chi connectivity index (χ2n) is 4.47. The van der Waals surface area contributed by atoms with Gasteiger partial charge in [-0.2, -0.15) is 5.26 Å². The first-order valence-electron chi connectivity index (χ1n) is 6.08. The highest BCUT2D eigenvalue weighted by atomic mass is 16.1. The third-order valence-corrected chi connectivity index (χ3v) is 2.39. The van der Waals surface area contributed by atoms with Crippen LogP contribution < -0.4 is 10.6 Å². The van der Waals surface area contributed by atoms with Crippen molar-refractivity contribution in [1.82, 2.24) is 10.6 Å². The zero-order chi connectivity index (χ0) is 13.4. The molecule has 4 nitrogen and oxygen atoms in total. The molecule has 1 amide bonds. The van der Waals surface area contributed by atoms with Crippen molar-refractivity contribution in [3.05, 3.63) is 35.9 Å². The van der Waals surface area contributed by atoms with E-state index in [0.29, 0.717) is 6.54 Å². The zero-order valence-electron chi connectivity index (χ0n) is 10.8. The number of nitrogens with zero attached hydrogens (tertiary/aromatic N) is 1. The van der Waals surface area contributed by atoms with E-state index in [-0.39, 0.29) is 18.4 Å². The van der Waals surface area contributed by atoms with Crippen molar-refractivity contribution in [2.24, 2.45) is 0 Å². The molecule has 0 saturated carbocycles. The molecule has 1 rings (SSSR count). The lowest BCUT2D eigenvalue weighted by molar-refractivity contribution is -0.121. The SMILES string of the molecule is CC(C)NC(=O)CC(C#N)NCc1ccccc1. The normalized spacial score (nSPS) is 11.9. The van der Waals surface area contributed by atoms with Crippen molar-refractivity contribution in [1.29, 1.82) is 5.26 Å². The summed E-state index contributed by atoms with van der Waals surface area (Å²) in [5.74, 6) is -0.0999. The van der Waals surface area contributed by atoms with Gasteiger partial charge < -0.3 is 5.32 Å². The number of nitrogens with one attached hydrogen (secondary N) is 2. The number of hydrogen-bond donors (Lipinski definition) is 2. The molecule has 4 heteroatoms. The van der Waals surface area contributed by atoms with E-state index < -0.39 is 6.04 Å². The summed E-state index contributed by atoms with van der Waals surface area (Å²) in [5, 5.41) is 14.8. The first kappa shape index (κ1) is 14.2. The van der Waals surface area contributed by atoms with Gasteiger partial charge in [0.1, 0.15) is 6.04 Å². The van der Waals surface area contributed by atoms with Gasteiger partial charge in [0.2, 0.25) is 5.91 Å². The third-order valence-electron chi connectivity index (χ3n) is 2.39. The zero-order valence-corrected chi connectivity index (χ0v) is 10.8. The lowest BCUT2D eigenvalue weighted by Crippen LogP contribution is -2.37. The number of rotatable bonds is 6. The monoisotopic (exact) mass is 245 g/mol. The van der Waals surface area contributed by atoms with Crippen molar-refractivity contribution >= 4 is 5.91 Å². The molecule has 0 aliphatic carbocycles. The van der Waals surface area contributed by atoms with Gasteiger partial charge in [-0.25, -0.2) is 0 Å². The summed E-state index contributed by atoms with van der Waals surface area (Å²) in [6.45, 7) is 4.39. The van der Waals surface area contributed by atoms with Crippen LogP contribution in [-0.4, -0.2) is 18.0 Å². The lowest BCUT2D eigenvalue weighted by atomic mass is 10.1. The van der Waals surface area contributed by atoms with Crippen molar-refractivity contribution < 1.29 is 4.79 Å². The summed E-state index contributed by atoms with van der Waals surface area (Å²) in [6, 6.07) is 11.6. The predicted molar refractivity (Wildman–Crippen MR) is 70.6 cm³/mol. The highest BCUT2D eigenvalue weighted by Gasteiger charge is 2.13. The Balaban J connectivity index is 2.39. The Bertz CT molecular complexity index is 409. The van der Waals surface area contributed by atoms with Crippen LogP contribution in [0.15, 0.2) is 30.3 Å². The molecular weight excluding hydrogens is 226 g/mol. The standard InChI is InChI=1S/C14H19N3O/c1-11(2)17-14(18)8-13(9-15)16-10-12-6-4-3-5-7-12/h3-7,11,13,16H,8,10H2,1-2H3,(H,17,18). The maximum Gasteiger partial charge on any atom is 0.222 e. The van der Waals surface area contributed by atoms with Crippen LogP contribution in [0.4, 0.5) is 0 Å². The number of hydrogen-bond acceptors (Lipinski definition) is 3. The molecule has 0 aliphatic heterocycles. The van der Waals surface area contributed by atoms with E-state index in [9.17, 15) is 4.79 Å². The van der Waals surface area contributed by atoms with Gasteiger partial charge in [0, 0.05) is 12.6 Å². The molecule has 0 spiro atoms. The van der Waals surface area contributed by atoms with Gasteiger partial charge in [-0.3, -0.25) is 10.1 Å². The second-order valence-corrected chi connectivity index (χ2v) is 4.47. The van der Waals surface area contributed by atoms with Gasteiger partial charge in [0.15, 0.2) is 0 Å². The minimum atomic E-state index is -0.455. The quantitative estimate of drug-likeness (QED) is 0.799. The number of carbonyl (C=O) groups excluding carboxylic acids is 1. The molecule has 18 heavy (non-hydrogen) atoms. The van der Waals surface area contributed by atoms with E-state index in [4.69, 9.17) is 5.26 Å². The smallest absolute Gasteiger partial charge is 0.222 e. The minimum absolute atomic E-state index is 0.0999. The molecule has 0 radical (unpaired) electrons. The predicted octanol–water partition coefficient (Wildman–Crippen LogP) is 1.58. The lowest BCUT2D eigenvalue weighted by Gasteiger charge is -2.13. The van der Waals surface area contributed by atoms with Crippen LogP contribution in [-0.2, 0) is 11.3 Å². The van der Waals surface area contributed by atoms with Crippen LogP contribution in [0, 0.1) is 11.3 Å². The molecule has 1 aromatic carbocycles. The first-order valence-corrected chi connectivity index (χ1v) is 6.08. The van der Waals surface area contributed by atoms with E-state index in [1.165, 1.54) is 0 Å². The molecule has 0 fully saturated rings.